The molecule has 0 radical (unpaired) electrons. The highest BCUT2D eigenvalue weighted by Gasteiger charge is 2.05. The van der Waals surface area contributed by atoms with Crippen molar-refractivity contribution in [1.82, 2.24) is 10.3 Å². The Balaban J connectivity index is 1.87. The van der Waals surface area contributed by atoms with Gasteiger partial charge in [0.1, 0.15) is 17.4 Å². The third-order valence-corrected chi connectivity index (χ3v) is 4.50. The normalized spacial score (nSPS) is 12.4. The van der Waals surface area contributed by atoms with Crippen LogP contribution >= 0.6 is 11.3 Å². The molecular formula is C17H24N2OS. The minimum atomic E-state index is 0.503. The van der Waals surface area contributed by atoms with E-state index in [2.05, 4.69) is 43.2 Å². The SMILES string of the molecule is CCNC(C)Cc1ccc(OCc2nc(C)c(C)s2)cc1. The van der Waals surface area contributed by atoms with E-state index in [1.807, 2.05) is 19.1 Å². The molecule has 2 aromatic rings. The molecule has 114 valence electrons. The van der Waals surface area contributed by atoms with E-state index in [4.69, 9.17) is 4.74 Å². The summed E-state index contributed by atoms with van der Waals surface area (Å²) < 4.78 is 5.80. The van der Waals surface area contributed by atoms with Crippen molar-refractivity contribution in [3.63, 3.8) is 0 Å². The number of rotatable bonds is 7. The number of nitrogens with zero attached hydrogens (tertiary/aromatic N) is 1. The lowest BCUT2D eigenvalue weighted by Gasteiger charge is -2.12. The van der Waals surface area contributed by atoms with Gasteiger partial charge in [0.2, 0.25) is 0 Å². The first-order valence-corrected chi connectivity index (χ1v) is 8.28. The molecule has 1 heterocycles. The molecule has 1 atom stereocenters. The molecule has 3 nitrogen and oxygen atoms in total. The van der Waals surface area contributed by atoms with Crippen LogP contribution in [0, 0.1) is 13.8 Å². The number of ether oxygens (including phenoxy) is 1. The Hall–Kier alpha value is -1.39. The van der Waals surface area contributed by atoms with Crippen LogP contribution in [0.3, 0.4) is 0 Å². The van der Waals surface area contributed by atoms with Gasteiger partial charge in [-0.3, -0.25) is 0 Å². The molecule has 0 saturated heterocycles. The van der Waals surface area contributed by atoms with Crippen LogP contribution in [-0.4, -0.2) is 17.6 Å². The molecule has 2 rings (SSSR count). The van der Waals surface area contributed by atoms with E-state index >= 15 is 0 Å². The fourth-order valence-corrected chi connectivity index (χ4v) is 3.09. The molecule has 0 saturated carbocycles. The molecule has 0 aliphatic rings. The first-order valence-electron chi connectivity index (χ1n) is 7.46. The Morgan fingerprint density at radius 3 is 2.52 bits per heavy atom. The number of thiazole rings is 1. The fourth-order valence-electron chi connectivity index (χ4n) is 2.24. The van der Waals surface area contributed by atoms with Gasteiger partial charge >= 0.3 is 0 Å². The Morgan fingerprint density at radius 2 is 1.95 bits per heavy atom. The summed E-state index contributed by atoms with van der Waals surface area (Å²) in [4.78, 5) is 5.75. The van der Waals surface area contributed by atoms with Crippen LogP contribution in [0.1, 0.15) is 35.0 Å². The lowest BCUT2D eigenvalue weighted by molar-refractivity contribution is 0.305. The van der Waals surface area contributed by atoms with Gasteiger partial charge in [0.05, 0.1) is 5.69 Å². The molecule has 21 heavy (non-hydrogen) atoms. The Kier molecular flexibility index (Phi) is 5.76. The second-order valence-electron chi connectivity index (χ2n) is 5.34. The fraction of sp³-hybridized carbons (Fsp3) is 0.471. The maximum Gasteiger partial charge on any atom is 0.140 e. The van der Waals surface area contributed by atoms with Gasteiger partial charge in [0.25, 0.3) is 0 Å². The minimum absolute atomic E-state index is 0.503. The molecule has 0 fully saturated rings. The zero-order valence-electron chi connectivity index (χ0n) is 13.3. The Morgan fingerprint density at radius 1 is 1.24 bits per heavy atom. The number of hydrogen-bond donors (Lipinski definition) is 1. The van der Waals surface area contributed by atoms with Crippen molar-refractivity contribution in [2.45, 2.75) is 46.8 Å². The van der Waals surface area contributed by atoms with E-state index < -0.39 is 0 Å². The van der Waals surface area contributed by atoms with Crippen LogP contribution in [0.4, 0.5) is 0 Å². The monoisotopic (exact) mass is 304 g/mol. The van der Waals surface area contributed by atoms with Crippen molar-refractivity contribution in [1.29, 1.82) is 0 Å². The predicted molar refractivity (Wildman–Crippen MR) is 89.2 cm³/mol. The molecule has 1 aromatic carbocycles. The quantitative estimate of drug-likeness (QED) is 0.843. The van der Waals surface area contributed by atoms with Crippen molar-refractivity contribution < 1.29 is 4.74 Å². The van der Waals surface area contributed by atoms with E-state index in [-0.39, 0.29) is 0 Å². The minimum Gasteiger partial charge on any atom is -0.486 e. The third kappa shape index (κ3) is 4.83. The van der Waals surface area contributed by atoms with Crippen molar-refractivity contribution in [3.05, 3.63) is 45.4 Å². The average Bonchev–Trinajstić information content (AvgIpc) is 2.77. The number of hydrogen-bond acceptors (Lipinski definition) is 4. The molecule has 1 N–H and O–H groups in total. The summed E-state index contributed by atoms with van der Waals surface area (Å²) in [6.07, 6.45) is 1.04. The van der Waals surface area contributed by atoms with Gasteiger partial charge < -0.3 is 10.1 Å². The number of aryl methyl sites for hydroxylation is 2. The molecule has 0 spiro atoms. The third-order valence-electron chi connectivity index (χ3n) is 3.45. The molecule has 0 aliphatic heterocycles. The van der Waals surface area contributed by atoms with Crippen LogP contribution in [-0.2, 0) is 13.0 Å². The smallest absolute Gasteiger partial charge is 0.140 e. The summed E-state index contributed by atoms with van der Waals surface area (Å²) in [5, 5.41) is 4.46. The van der Waals surface area contributed by atoms with Gasteiger partial charge in [-0.15, -0.1) is 11.3 Å². The number of benzene rings is 1. The molecule has 1 unspecified atom stereocenters. The molecule has 4 heteroatoms. The van der Waals surface area contributed by atoms with Gasteiger partial charge in [-0.1, -0.05) is 19.1 Å². The summed E-state index contributed by atoms with van der Waals surface area (Å²) >= 11 is 1.71. The van der Waals surface area contributed by atoms with Crippen molar-refractivity contribution in [2.24, 2.45) is 0 Å². The van der Waals surface area contributed by atoms with E-state index in [0.29, 0.717) is 12.6 Å². The maximum absolute atomic E-state index is 5.80. The molecule has 0 amide bonds. The lowest BCUT2D eigenvalue weighted by Crippen LogP contribution is -2.27. The van der Waals surface area contributed by atoms with Crippen molar-refractivity contribution in [2.75, 3.05) is 6.54 Å². The van der Waals surface area contributed by atoms with Crippen LogP contribution in [0.5, 0.6) is 5.75 Å². The average molecular weight is 304 g/mol. The highest BCUT2D eigenvalue weighted by Crippen LogP contribution is 2.19. The van der Waals surface area contributed by atoms with Crippen molar-refractivity contribution in [3.8, 4) is 5.75 Å². The first kappa shape index (κ1) is 16.0. The van der Waals surface area contributed by atoms with E-state index in [1.54, 1.807) is 11.3 Å². The van der Waals surface area contributed by atoms with Gasteiger partial charge in [0, 0.05) is 10.9 Å². The molecular weight excluding hydrogens is 280 g/mol. The lowest BCUT2D eigenvalue weighted by atomic mass is 10.1. The van der Waals surface area contributed by atoms with Crippen molar-refractivity contribution >= 4 is 11.3 Å². The van der Waals surface area contributed by atoms with Gasteiger partial charge in [-0.25, -0.2) is 4.98 Å². The number of aromatic nitrogens is 1. The summed E-state index contributed by atoms with van der Waals surface area (Å²) in [7, 11) is 0. The molecule has 0 aliphatic carbocycles. The molecule has 0 bridgehead atoms. The van der Waals surface area contributed by atoms with Gasteiger partial charge in [-0.05, 0) is 51.4 Å². The highest BCUT2D eigenvalue weighted by atomic mass is 32.1. The van der Waals surface area contributed by atoms with E-state index in [1.165, 1.54) is 10.4 Å². The summed E-state index contributed by atoms with van der Waals surface area (Å²) in [6.45, 7) is 10.0. The van der Waals surface area contributed by atoms with Crippen LogP contribution in [0.15, 0.2) is 24.3 Å². The zero-order valence-corrected chi connectivity index (χ0v) is 14.1. The van der Waals surface area contributed by atoms with Crippen LogP contribution in [0.2, 0.25) is 0 Å². The van der Waals surface area contributed by atoms with Crippen LogP contribution in [0.25, 0.3) is 0 Å². The van der Waals surface area contributed by atoms with E-state index in [0.717, 1.165) is 29.4 Å². The second kappa shape index (κ2) is 7.57. The predicted octanol–water partition coefficient (Wildman–Crippen LogP) is 3.88. The topological polar surface area (TPSA) is 34.1 Å². The largest absolute Gasteiger partial charge is 0.486 e. The summed E-state index contributed by atoms with van der Waals surface area (Å²) in [5.41, 5.74) is 2.43. The van der Waals surface area contributed by atoms with Gasteiger partial charge in [-0.2, -0.15) is 0 Å². The maximum atomic E-state index is 5.80. The zero-order chi connectivity index (χ0) is 15.2. The van der Waals surface area contributed by atoms with Gasteiger partial charge in [0.15, 0.2) is 0 Å². The number of nitrogens with one attached hydrogen (secondary N) is 1. The summed E-state index contributed by atoms with van der Waals surface area (Å²) in [5.74, 6) is 0.903. The standard InChI is InChI=1S/C17H24N2OS/c1-5-18-12(2)10-15-6-8-16(9-7-15)20-11-17-19-13(3)14(4)21-17/h6-9,12,18H,5,10-11H2,1-4H3. The summed E-state index contributed by atoms with van der Waals surface area (Å²) in [6, 6.07) is 8.87. The van der Waals surface area contributed by atoms with Crippen LogP contribution < -0.4 is 10.1 Å². The highest BCUT2D eigenvalue weighted by molar-refractivity contribution is 7.11. The Bertz CT molecular complexity index is 543. The first-order chi connectivity index (χ1) is 10.1. The Labute approximate surface area is 131 Å². The van der Waals surface area contributed by atoms with E-state index in [9.17, 15) is 0 Å². The number of likely N-dealkylation sites (N-methyl/N-ethyl adjacent to an activating group) is 1. The molecule has 1 aromatic heterocycles. The second-order valence-corrected chi connectivity index (χ2v) is 6.63.